The lowest BCUT2D eigenvalue weighted by molar-refractivity contribution is 0.00718. The summed E-state index contributed by atoms with van der Waals surface area (Å²) < 4.78 is 6.58. The van der Waals surface area contributed by atoms with Crippen molar-refractivity contribution in [3.63, 3.8) is 0 Å². The highest BCUT2D eigenvalue weighted by Gasteiger charge is 2.24. The molecule has 1 atom stereocenters. The molecule has 0 saturated heterocycles. The van der Waals surface area contributed by atoms with Crippen molar-refractivity contribution in [1.82, 2.24) is 4.90 Å². The second kappa shape index (κ2) is 32.2. The van der Waals surface area contributed by atoms with Gasteiger partial charge in [0.1, 0.15) is 5.75 Å². The number of hydrogen-bond acceptors (Lipinski definition) is 2. The second-order valence-electron chi connectivity index (χ2n) is 15.4. The van der Waals surface area contributed by atoms with E-state index in [4.69, 9.17) is 4.74 Å². The summed E-state index contributed by atoms with van der Waals surface area (Å²) in [6.07, 6.45) is 48.6. The lowest BCUT2D eigenvalue weighted by atomic mass is 10.0. The van der Waals surface area contributed by atoms with Crippen molar-refractivity contribution >= 4 is 0 Å². The molecule has 2 heteroatoms. The van der Waals surface area contributed by atoms with Crippen molar-refractivity contribution in [2.24, 2.45) is 0 Å². The largest absolute Gasteiger partial charge is 0.475 e. The van der Waals surface area contributed by atoms with Crippen LogP contribution in [-0.4, -0.2) is 24.2 Å². The summed E-state index contributed by atoms with van der Waals surface area (Å²) in [4.78, 5) is 2.71. The third-order valence-electron chi connectivity index (χ3n) is 10.9. The van der Waals surface area contributed by atoms with Gasteiger partial charge in [0.05, 0.1) is 0 Å². The Morgan fingerprint density at radius 1 is 0.447 bits per heavy atom. The molecular weight excluding hydrogens is 571 g/mol. The SMILES string of the molecule is CCCCCCCCCCCCCCCCCCN(CCCCCCCCCCCCCCCCCC)C1CCc2ccccc2O1. The van der Waals surface area contributed by atoms with E-state index < -0.39 is 0 Å². The summed E-state index contributed by atoms with van der Waals surface area (Å²) in [7, 11) is 0. The number of hydrogen-bond donors (Lipinski definition) is 0. The maximum Gasteiger partial charge on any atom is 0.153 e. The molecule has 0 saturated carbocycles. The summed E-state index contributed by atoms with van der Waals surface area (Å²) >= 11 is 0. The number of unbranched alkanes of at least 4 members (excludes halogenated alkanes) is 30. The lowest BCUT2D eigenvalue weighted by Gasteiger charge is -2.35. The molecule has 0 amide bonds. The van der Waals surface area contributed by atoms with E-state index in [0.717, 1.165) is 18.6 Å². The van der Waals surface area contributed by atoms with E-state index in [9.17, 15) is 0 Å². The predicted molar refractivity (Wildman–Crippen MR) is 210 cm³/mol. The fraction of sp³-hybridized carbons (Fsp3) is 0.867. The molecule has 47 heavy (non-hydrogen) atoms. The molecule has 0 aliphatic carbocycles. The number of ether oxygens (including phenoxy) is 1. The Labute approximate surface area is 296 Å². The second-order valence-corrected chi connectivity index (χ2v) is 15.4. The average Bonchev–Trinajstić information content (AvgIpc) is 3.10. The minimum Gasteiger partial charge on any atom is -0.475 e. The predicted octanol–water partition coefficient (Wildman–Crippen LogP) is 15.2. The maximum atomic E-state index is 6.58. The minimum absolute atomic E-state index is 0.276. The molecule has 1 aromatic rings. The van der Waals surface area contributed by atoms with Crippen molar-refractivity contribution < 1.29 is 4.74 Å². The van der Waals surface area contributed by atoms with Crippen molar-refractivity contribution in [3.05, 3.63) is 29.8 Å². The van der Waals surface area contributed by atoms with Gasteiger partial charge in [-0.3, -0.25) is 4.90 Å². The molecule has 0 aromatic heterocycles. The van der Waals surface area contributed by atoms with E-state index >= 15 is 0 Å². The molecule has 1 heterocycles. The van der Waals surface area contributed by atoms with Crippen LogP contribution in [0.25, 0.3) is 0 Å². The van der Waals surface area contributed by atoms with Gasteiger partial charge in [-0.1, -0.05) is 225 Å². The highest BCUT2D eigenvalue weighted by Crippen LogP contribution is 2.29. The fourth-order valence-corrected chi connectivity index (χ4v) is 7.69. The minimum atomic E-state index is 0.276. The van der Waals surface area contributed by atoms with Crippen LogP contribution in [-0.2, 0) is 6.42 Å². The van der Waals surface area contributed by atoms with Gasteiger partial charge in [0, 0.05) is 19.5 Å². The van der Waals surface area contributed by atoms with Crippen molar-refractivity contribution in [2.45, 2.75) is 238 Å². The third kappa shape index (κ3) is 23.9. The standard InChI is InChI=1S/C45H83NO/c1-3-5-7-9-11-13-15-17-19-21-23-25-27-29-31-35-41-46(45-40-39-43-37-33-34-38-44(43)47-45)42-36-32-30-28-26-24-22-20-18-16-14-12-10-8-6-4-2/h33-34,37-38,45H,3-32,35-36,39-42H2,1-2H3. The van der Waals surface area contributed by atoms with E-state index in [2.05, 4.69) is 43.0 Å². The quantitative estimate of drug-likeness (QED) is 0.0676. The van der Waals surface area contributed by atoms with Gasteiger partial charge in [-0.05, 0) is 30.9 Å². The van der Waals surface area contributed by atoms with Crippen LogP contribution in [0.2, 0.25) is 0 Å². The fourth-order valence-electron chi connectivity index (χ4n) is 7.69. The topological polar surface area (TPSA) is 12.5 Å². The average molecular weight is 654 g/mol. The molecule has 0 radical (unpaired) electrons. The molecule has 274 valence electrons. The Bertz CT molecular complexity index is 741. The Hall–Kier alpha value is -1.02. The van der Waals surface area contributed by atoms with Gasteiger partial charge in [-0.25, -0.2) is 0 Å². The Morgan fingerprint density at radius 3 is 1.13 bits per heavy atom. The van der Waals surface area contributed by atoms with Gasteiger partial charge >= 0.3 is 0 Å². The molecule has 0 bridgehead atoms. The van der Waals surface area contributed by atoms with E-state index in [-0.39, 0.29) is 6.23 Å². The van der Waals surface area contributed by atoms with Gasteiger partial charge in [-0.2, -0.15) is 0 Å². The first-order valence-electron chi connectivity index (χ1n) is 21.8. The zero-order valence-electron chi connectivity index (χ0n) is 32.2. The van der Waals surface area contributed by atoms with Gasteiger partial charge in [0.2, 0.25) is 0 Å². The van der Waals surface area contributed by atoms with E-state index in [1.165, 1.54) is 224 Å². The Morgan fingerprint density at radius 2 is 0.766 bits per heavy atom. The van der Waals surface area contributed by atoms with E-state index in [1.54, 1.807) is 0 Å². The highest BCUT2D eigenvalue weighted by molar-refractivity contribution is 5.35. The van der Waals surface area contributed by atoms with Crippen LogP contribution in [0.1, 0.15) is 231 Å². The zero-order chi connectivity index (χ0) is 33.3. The van der Waals surface area contributed by atoms with Crippen LogP contribution < -0.4 is 4.74 Å². The Kier molecular flexibility index (Phi) is 28.9. The number of para-hydroxylation sites is 1. The molecule has 2 nitrogen and oxygen atoms in total. The van der Waals surface area contributed by atoms with Gasteiger partial charge < -0.3 is 4.74 Å². The summed E-state index contributed by atoms with van der Waals surface area (Å²) in [6, 6.07) is 8.73. The summed E-state index contributed by atoms with van der Waals surface area (Å²) in [6.45, 7) is 7.04. The number of benzene rings is 1. The number of aryl methyl sites for hydroxylation is 1. The first-order valence-corrected chi connectivity index (χ1v) is 21.8. The van der Waals surface area contributed by atoms with Gasteiger partial charge in [-0.15, -0.1) is 0 Å². The van der Waals surface area contributed by atoms with Crippen molar-refractivity contribution in [1.29, 1.82) is 0 Å². The molecule has 0 fully saturated rings. The van der Waals surface area contributed by atoms with Crippen LogP contribution in [0.15, 0.2) is 24.3 Å². The number of fused-ring (bicyclic) bond motifs is 1. The molecule has 1 unspecified atom stereocenters. The van der Waals surface area contributed by atoms with Crippen LogP contribution >= 0.6 is 0 Å². The molecule has 1 aliphatic heterocycles. The first-order chi connectivity index (χ1) is 23.3. The molecule has 0 spiro atoms. The van der Waals surface area contributed by atoms with Gasteiger partial charge in [0.15, 0.2) is 6.23 Å². The normalized spacial score (nSPS) is 14.5. The highest BCUT2D eigenvalue weighted by atomic mass is 16.5. The smallest absolute Gasteiger partial charge is 0.153 e. The van der Waals surface area contributed by atoms with Crippen LogP contribution in [0.4, 0.5) is 0 Å². The van der Waals surface area contributed by atoms with E-state index in [0.29, 0.717) is 0 Å². The molecule has 1 aliphatic rings. The lowest BCUT2D eigenvalue weighted by Crippen LogP contribution is -2.42. The summed E-state index contributed by atoms with van der Waals surface area (Å²) in [5.41, 5.74) is 1.40. The monoisotopic (exact) mass is 654 g/mol. The molecular formula is C45H83NO. The zero-order valence-corrected chi connectivity index (χ0v) is 32.2. The molecule has 2 rings (SSSR count). The molecule has 0 N–H and O–H groups in total. The first kappa shape index (κ1) is 42.1. The summed E-state index contributed by atoms with van der Waals surface area (Å²) in [5.74, 6) is 1.13. The summed E-state index contributed by atoms with van der Waals surface area (Å²) in [5, 5.41) is 0. The van der Waals surface area contributed by atoms with Crippen molar-refractivity contribution in [3.8, 4) is 5.75 Å². The van der Waals surface area contributed by atoms with Crippen molar-refractivity contribution in [2.75, 3.05) is 13.1 Å². The Balaban J connectivity index is 1.49. The van der Waals surface area contributed by atoms with Crippen LogP contribution in [0.3, 0.4) is 0 Å². The number of nitrogens with zero attached hydrogens (tertiary/aromatic N) is 1. The number of rotatable bonds is 35. The van der Waals surface area contributed by atoms with Crippen LogP contribution in [0.5, 0.6) is 5.75 Å². The van der Waals surface area contributed by atoms with E-state index in [1.807, 2.05) is 0 Å². The van der Waals surface area contributed by atoms with Crippen LogP contribution in [0, 0.1) is 0 Å². The maximum absolute atomic E-state index is 6.58. The van der Waals surface area contributed by atoms with Gasteiger partial charge in [0.25, 0.3) is 0 Å². The third-order valence-corrected chi connectivity index (χ3v) is 10.9. The molecule has 1 aromatic carbocycles.